The van der Waals surface area contributed by atoms with Crippen molar-refractivity contribution in [3.8, 4) is 0 Å². The van der Waals surface area contributed by atoms with E-state index in [4.69, 9.17) is 17.2 Å². The molecule has 0 heterocycles. The first kappa shape index (κ1) is 12.4. The third kappa shape index (κ3) is 10.7. The molecule has 0 rings (SSSR count). The van der Waals surface area contributed by atoms with Crippen molar-refractivity contribution < 1.29 is 0 Å². The smallest absolute Gasteiger partial charge is 0.0479 e. The first-order valence-electron chi connectivity index (χ1n) is 2.99. The molecule has 0 amide bonds. The number of nitrogens with zero attached hydrogens (tertiary/aromatic N) is 1. The maximum absolute atomic E-state index is 5.16. The van der Waals surface area contributed by atoms with Crippen LogP contribution in [0.1, 0.15) is 0 Å². The lowest BCUT2D eigenvalue weighted by atomic mass is 10.8. The van der Waals surface area contributed by atoms with Crippen molar-refractivity contribution in [2.45, 2.75) is 0 Å². The van der Waals surface area contributed by atoms with Crippen LogP contribution in [0.2, 0.25) is 0 Å². The van der Waals surface area contributed by atoms with Gasteiger partial charge in [-0.25, -0.2) is 0 Å². The molecule has 0 saturated heterocycles. The Kier molecular flexibility index (Phi) is 14.4. The van der Waals surface area contributed by atoms with E-state index in [1.54, 1.807) is 4.90 Å². The molecule has 0 aromatic rings. The van der Waals surface area contributed by atoms with E-state index in [2.05, 4.69) is 11.5 Å². The van der Waals surface area contributed by atoms with E-state index in [9.17, 15) is 0 Å². The van der Waals surface area contributed by atoms with E-state index >= 15 is 0 Å². The Morgan fingerprint density at radius 1 is 0.700 bits per heavy atom. The molecule has 0 unspecified atom stereocenters. The largest absolute Gasteiger partial charge is 0.319 e. The van der Waals surface area contributed by atoms with Crippen molar-refractivity contribution in [2.75, 3.05) is 26.7 Å². The second-order valence-corrected chi connectivity index (χ2v) is 1.45. The molecule has 0 aliphatic heterocycles. The van der Waals surface area contributed by atoms with Crippen LogP contribution in [0.5, 0.6) is 0 Å². The molecule has 64 valence electrons. The molecule has 10 N–H and O–H groups in total. The average molecular weight is 150 g/mol. The Hall–Kier alpha value is -0.240. The van der Waals surface area contributed by atoms with Crippen molar-refractivity contribution in [1.29, 1.82) is 0 Å². The van der Waals surface area contributed by atoms with Crippen molar-refractivity contribution >= 4 is 0 Å². The van der Waals surface area contributed by atoms with Gasteiger partial charge in [-0.05, 0) is 0 Å². The first-order chi connectivity index (χ1) is 4.76. The maximum Gasteiger partial charge on any atom is 0.0479 e. The highest BCUT2D eigenvalue weighted by Gasteiger charge is 1.89. The van der Waals surface area contributed by atoms with Crippen molar-refractivity contribution in [2.24, 2.45) is 28.7 Å². The predicted molar refractivity (Wildman–Crippen MR) is 42.2 cm³/mol. The molecule has 6 heteroatoms. The summed E-state index contributed by atoms with van der Waals surface area (Å²) < 4.78 is 0. The molecule has 0 saturated carbocycles. The zero-order chi connectivity index (χ0) is 8.41. The number of rotatable bonds is 3. The summed E-state index contributed by atoms with van der Waals surface area (Å²) in [6.45, 7) is 1.56. The average Bonchev–Trinajstić information content (AvgIpc) is 1.93. The molecule has 0 spiro atoms. The minimum Gasteiger partial charge on any atom is -0.319 e. The summed E-state index contributed by atoms with van der Waals surface area (Å²) in [5, 5.41) is 0. The molecule has 6 nitrogen and oxygen atoms in total. The molecule has 0 atom stereocenters. The normalized spacial score (nSPS) is 9.00. The number of nitrogens with two attached hydrogens (primary N) is 5. The van der Waals surface area contributed by atoms with Crippen molar-refractivity contribution in [1.82, 2.24) is 4.90 Å². The summed E-state index contributed by atoms with van der Waals surface area (Å²) >= 11 is 0. The lowest BCUT2D eigenvalue weighted by Gasteiger charge is -2.12. The lowest BCUT2D eigenvalue weighted by molar-refractivity contribution is 0.299. The van der Waals surface area contributed by atoms with Crippen LogP contribution in [0.25, 0.3) is 0 Å². The van der Waals surface area contributed by atoms with Crippen LogP contribution in [0.3, 0.4) is 0 Å². The lowest BCUT2D eigenvalue weighted by Crippen LogP contribution is -2.39. The third-order valence-corrected chi connectivity index (χ3v) is 0.775. The van der Waals surface area contributed by atoms with Crippen LogP contribution in [0.4, 0.5) is 0 Å². The highest BCUT2D eigenvalue weighted by Crippen LogP contribution is 1.68. The quantitative estimate of drug-likeness (QED) is 0.270. The number of hydrogen-bond donors (Lipinski definition) is 5. The molecular formula is C4H18N6. The van der Waals surface area contributed by atoms with Gasteiger partial charge in [0.15, 0.2) is 0 Å². The van der Waals surface area contributed by atoms with E-state index in [1.165, 1.54) is 0 Å². The Labute approximate surface area is 61.3 Å². The molecule has 0 aliphatic carbocycles. The summed E-state index contributed by atoms with van der Waals surface area (Å²) in [6.07, 6.45) is 0. The Morgan fingerprint density at radius 2 is 0.900 bits per heavy atom. The number of hydrogen-bond acceptors (Lipinski definition) is 6. The summed E-state index contributed by atoms with van der Waals surface area (Å²) in [4.78, 5) is 1.71. The Balaban J connectivity index is 0. The zero-order valence-corrected chi connectivity index (χ0v) is 6.16. The highest BCUT2D eigenvalue weighted by atomic mass is 15.2. The van der Waals surface area contributed by atoms with Crippen LogP contribution in [0.15, 0.2) is 0 Å². The monoisotopic (exact) mass is 150 g/mol. The molecule has 0 bridgehead atoms. The van der Waals surface area contributed by atoms with E-state index < -0.39 is 0 Å². The fourth-order valence-corrected chi connectivity index (χ4v) is 0.224. The van der Waals surface area contributed by atoms with Gasteiger partial charge < -0.3 is 28.7 Å². The second-order valence-electron chi connectivity index (χ2n) is 1.45. The highest BCUT2D eigenvalue weighted by molar-refractivity contribution is 4.40. The van der Waals surface area contributed by atoms with Gasteiger partial charge >= 0.3 is 0 Å². The van der Waals surface area contributed by atoms with E-state index in [1.807, 2.05) is 0 Å². The molecule has 0 aromatic carbocycles. The molecule has 10 heavy (non-hydrogen) atoms. The Morgan fingerprint density at radius 3 is 0.900 bits per heavy atom. The topological polar surface area (TPSA) is 133 Å². The van der Waals surface area contributed by atoms with Gasteiger partial charge in [0.05, 0.1) is 0 Å². The van der Waals surface area contributed by atoms with Crippen LogP contribution >= 0.6 is 0 Å². The van der Waals surface area contributed by atoms with Gasteiger partial charge in [0.2, 0.25) is 0 Å². The minimum atomic E-state index is 0.250. The Bertz CT molecular complexity index is 39.5. The molecule has 0 aromatic heterocycles. The predicted octanol–water partition coefficient (Wildman–Crippen LogP) is -3.10. The van der Waals surface area contributed by atoms with Gasteiger partial charge in [0.25, 0.3) is 0 Å². The van der Waals surface area contributed by atoms with Crippen molar-refractivity contribution in [3.63, 3.8) is 0 Å². The summed E-state index contributed by atoms with van der Waals surface area (Å²) in [6, 6.07) is 0. The first-order valence-corrected chi connectivity index (χ1v) is 2.99. The zero-order valence-electron chi connectivity index (χ0n) is 6.16. The van der Waals surface area contributed by atoms with Gasteiger partial charge in [0.1, 0.15) is 0 Å². The molecule has 0 radical (unpaired) electrons. The van der Waals surface area contributed by atoms with Crippen LogP contribution in [0, 0.1) is 0 Å². The SMILES string of the molecule is NCN.NCN(CN)CN. The molecule has 0 aliphatic rings. The van der Waals surface area contributed by atoms with Crippen LogP contribution < -0.4 is 28.7 Å². The fourth-order valence-electron chi connectivity index (χ4n) is 0.224. The van der Waals surface area contributed by atoms with Gasteiger partial charge in [-0.2, -0.15) is 0 Å². The van der Waals surface area contributed by atoms with E-state index in [0.29, 0.717) is 20.0 Å². The van der Waals surface area contributed by atoms with Gasteiger partial charge in [-0.15, -0.1) is 0 Å². The standard InChI is InChI=1S/C3H12N4.CH6N2/c4-1-7(2-5)3-6;2-1-3/h1-6H2;1-3H2. The second kappa shape index (κ2) is 11.5. The van der Waals surface area contributed by atoms with Crippen LogP contribution in [-0.2, 0) is 0 Å². The minimum absolute atomic E-state index is 0.250. The van der Waals surface area contributed by atoms with E-state index in [-0.39, 0.29) is 6.67 Å². The van der Waals surface area contributed by atoms with Crippen LogP contribution in [-0.4, -0.2) is 31.6 Å². The third-order valence-electron chi connectivity index (χ3n) is 0.775. The fraction of sp³-hybridized carbons (Fsp3) is 1.00. The van der Waals surface area contributed by atoms with Gasteiger partial charge in [-0.1, -0.05) is 0 Å². The van der Waals surface area contributed by atoms with Crippen molar-refractivity contribution in [3.05, 3.63) is 0 Å². The molecular weight excluding hydrogens is 132 g/mol. The van der Waals surface area contributed by atoms with Gasteiger partial charge in [-0.3, -0.25) is 4.90 Å². The summed E-state index contributed by atoms with van der Waals surface area (Å²) in [5.41, 5.74) is 24.7. The van der Waals surface area contributed by atoms with E-state index in [0.717, 1.165) is 0 Å². The maximum atomic E-state index is 5.16. The van der Waals surface area contributed by atoms with Gasteiger partial charge in [0, 0.05) is 26.7 Å². The molecule has 0 fully saturated rings. The summed E-state index contributed by atoms with van der Waals surface area (Å²) in [7, 11) is 0. The summed E-state index contributed by atoms with van der Waals surface area (Å²) in [5.74, 6) is 0.